The third-order valence-corrected chi connectivity index (χ3v) is 2.55. The maximum Gasteiger partial charge on any atom is 0.323 e. The van der Waals surface area contributed by atoms with Crippen LogP contribution in [0.4, 0.5) is 4.79 Å². The molecule has 0 saturated carbocycles. The number of carboxylic acids is 1. The maximum absolute atomic E-state index is 11.7. The highest BCUT2D eigenvalue weighted by atomic mass is 16.4. The highest BCUT2D eigenvalue weighted by molar-refractivity contribution is 5.81. The normalized spacial score (nSPS) is 18.0. The minimum atomic E-state index is -1.08. The molecule has 0 aromatic carbocycles. The van der Waals surface area contributed by atoms with E-state index in [1.807, 2.05) is 0 Å². The fourth-order valence-electron chi connectivity index (χ4n) is 1.69. The fraction of sp³-hybridized carbons (Fsp3) is 0.545. The first-order valence-corrected chi connectivity index (χ1v) is 5.67. The molecule has 1 heterocycles. The predicted molar refractivity (Wildman–Crippen MR) is 64.0 cm³/mol. The molecule has 0 radical (unpaired) electrons. The van der Waals surface area contributed by atoms with E-state index in [0.717, 1.165) is 4.90 Å². The summed E-state index contributed by atoms with van der Waals surface area (Å²) in [6, 6.07) is -0.546. The highest BCUT2D eigenvalue weighted by Gasteiger charge is 2.22. The highest BCUT2D eigenvalue weighted by Crippen LogP contribution is 2.05. The van der Waals surface area contributed by atoms with E-state index in [2.05, 4.69) is 17.2 Å². The number of amides is 3. The minimum Gasteiger partial charge on any atom is -0.480 e. The van der Waals surface area contributed by atoms with Gasteiger partial charge in [-0.05, 0) is 6.42 Å². The zero-order valence-electron chi connectivity index (χ0n) is 10.0. The topological polar surface area (TPSA) is 98.7 Å². The second-order valence-electron chi connectivity index (χ2n) is 4.05. The van der Waals surface area contributed by atoms with Crippen LogP contribution in [0.15, 0.2) is 12.7 Å². The smallest absolute Gasteiger partial charge is 0.323 e. The first-order chi connectivity index (χ1) is 8.52. The van der Waals surface area contributed by atoms with E-state index in [0.29, 0.717) is 19.4 Å². The van der Waals surface area contributed by atoms with Crippen molar-refractivity contribution < 1.29 is 19.5 Å². The van der Waals surface area contributed by atoms with Crippen LogP contribution in [0.2, 0.25) is 0 Å². The second kappa shape index (κ2) is 6.63. The maximum atomic E-state index is 11.7. The van der Waals surface area contributed by atoms with Gasteiger partial charge in [-0.1, -0.05) is 6.08 Å². The Morgan fingerprint density at radius 2 is 2.33 bits per heavy atom. The number of hydrogen-bond donors (Lipinski definition) is 3. The molecule has 1 atom stereocenters. The molecule has 1 unspecified atom stereocenters. The molecular weight excluding hydrogens is 238 g/mol. The summed E-state index contributed by atoms with van der Waals surface area (Å²) in [7, 11) is 0. The number of hydrogen-bond acceptors (Lipinski definition) is 3. The van der Waals surface area contributed by atoms with Crippen LogP contribution in [0, 0.1) is 0 Å². The monoisotopic (exact) mass is 255 g/mol. The number of nitrogens with zero attached hydrogens (tertiary/aromatic N) is 1. The average molecular weight is 255 g/mol. The molecule has 3 N–H and O–H groups in total. The van der Waals surface area contributed by atoms with Crippen LogP contribution in [0.5, 0.6) is 0 Å². The van der Waals surface area contributed by atoms with Crippen molar-refractivity contribution in [2.45, 2.75) is 18.9 Å². The lowest BCUT2D eigenvalue weighted by Gasteiger charge is -2.20. The summed E-state index contributed by atoms with van der Waals surface area (Å²) in [6.07, 6.45) is 2.60. The molecule has 1 aliphatic heterocycles. The second-order valence-corrected chi connectivity index (χ2v) is 4.05. The number of urea groups is 1. The predicted octanol–water partition coefficient (Wildman–Crippen LogP) is -0.453. The molecule has 1 aliphatic rings. The lowest BCUT2D eigenvalue weighted by Crippen LogP contribution is -2.46. The lowest BCUT2D eigenvalue weighted by atomic mass is 10.2. The number of nitrogens with one attached hydrogen (secondary N) is 2. The Balaban J connectivity index is 2.38. The van der Waals surface area contributed by atoms with Crippen molar-refractivity contribution in [3.05, 3.63) is 12.7 Å². The van der Waals surface area contributed by atoms with Crippen LogP contribution in [0.3, 0.4) is 0 Å². The van der Waals surface area contributed by atoms with Crippen LogP contribution in [-0.2, 0) is 9.59 Å². The van der Waals surface area contributed by atoms with Crippen LogP contribution >= 0.6 is 0 Å². The summed E-state index contributed by atoms with van der Waals surface area (Å²) in [5, 5.41) is 14.0. The fourth-order valence-corrected chi connectivity index (χ4v) is 1.69. The van der Waals surface area contributed by atoms with Crippen molar-refractivity contribution in [3.8, 4) is 0 Å². The van der Waals surface area contributed by atoms with E-state index in [1.54, 1.807) is 0 Å². The summed E-state index contributed by atoms with van der Waals surface area (Å²) in [4.78, 5) is 34.4. The Bertz CT molecular complexity index is 356. The minimum absolute atomic E-state index is 0.0252. The Labute approximate surface area is 105 Å². The van der Waals surface area contributed by atoms with Crippen LogP contribution in [0.1, 0.15) is 12.8 Å². The average Bonchev–Trinajstić information content (AvgIpc) is 2.71. The van der Waals surface area contributed by atoms with Crippen molar-refractivity contribution >= 4 is 17.9 Å². The molecule has 0 bridgehead atoms. The van der Waals surface area contributed by atoms with Gasteiger partial charge in [0.1, 0.15) is 6.54 Å². The molecule has 1 rings (SSSR count). The summed E-state index contributed by atoms with van der Waals surface area (Å²) in [5.74, 6) is -1.11. The van der Waals surface area contributed by atoms with Gasteiger partial charge in [-0.2, -0.15) is 0 Å². The summed E-state index contributed by atoms with van der Waals surface area (Å²) < 4.78 is 0. The first-order valence-electron chi connectivity index (χ1n) is 5.67. The molecule has 1 saturated heterocycles. The number of aliphatic carboxylic acids is 1. The standard InChI is InChI=1S/C11H17N3O4/c1-2-5-14(7-10(16)17)11(18)12-6-8-3-4-9(15)13-8/h2,8H,1,3-7H2,(H,12,18)(H,13,15)(H,16,17). The summed E-state index contributed by atoms with van der Waals surface area (Å²) >= 11 is 0. The van der Waals surface area contributed by atoms with Crippen molar-refractivity contribution in [2.24, 2.45) is 0 Å². The van der Waals surface area contributed by atoms with Gasteiger partial charge in [-0.25, -0.2) is 4.79 Å². The van der Waals surface area contributed by atoms with E-state index < -0.39 is 12.0 Å². The van der Waals surface area contributed by atoms with Gasteiger partial charge in [0.25, 0.3) is 0 Å². The Morgan fingerprint density at radius 1 is 1.61 bits per heavy atom. The largest absolute Gasteiger partial charge is 0.480 e. The Kier molecular flexibility index (Phi) is 5.16. The molecule has 18 heavy (non-hydrogen) atoms. The Morgan fingerprint density at radius 3 is 2.83 bits per heavy atom. The third-order valence-electron chi connectivity index (χ3n) is 2.55. The molecule has 7 nitrogen and oxygen atoms in total. The molecule has 0 aliphatic carbocycles. The van der Waals surface area contributed by atoms with Gasteiger partial charge in [0.05, 0.1) is 0 Å². The third kappa shape index (κ3) is 4.44. The zero-order chi connectivity index (χ0) is 13.5. The molecule has 100 valence electrons. The Hall–Kier alpha value is -2.05. The molecule has 7 heteroatoms. The van der Waals surface area contributed by atoms with Crippen molar-refractivity contribution in [3.63, 3.8) is 0 Å². The van der Waals surface area contributed by atoms with E-state index >= 15 is 0 Å². The van der Waals surface area contributed by atoms with Gasteiger partial charge < -0.3 is 20.6 Å². The number of rotatable bonds is 6. The lowest BCUT2D eigenvalue weighted by molar-refractivity contribution is -0.137. The summed E-state index contributed by atoms with van der Waals surface area (Å²) in [5.41, 5.74) is 0. The van der Waals surface area contributed by atoms with Crippen LogP contribution < -0.4 is 10.6 Å². The van der Waals surface area contributed by atoms with Gasteiger partial charge in [-0.15, -0.1) is 6.58 Å². The quantitative estimate of drug-likeness (QED) is 0.560. The molecule has 1 fully saturated rings. The molecule has 0 aromatic rings. The molecular formula is C11H17N3O4. The molecule has 0 aromatic heterocycles. The van der Waals surface area contributed by atoms with Gasteiger partial charge in [-0.3, -0.25) is 9.59 Å². The van der Waals surface area contributed by atoms with Crippen molar-refractivity contribution in [2.75, 3.05) is 19.6 Å². The molecule has 3 amide bonds. The van der Waals surface area contributed by atoms with Gasteiger partial charge in [0, 0.05) is 25.6 Å². The van der Waals surface area contributed by atoms with Gasteiger partial charge in [0.2, 0.25) is 5.91 Å². The molecule has 0 spiro atoms. The van der Waals surface area contributed by atoms with E-state index in [9.17, 15) is 14.4 Å². The first kappa shape index (κ1) is 14.0. The number of carbonyl (C=O) groups is 3. The SMILES string of the molecule is C=CCN(CC(=O)O)C(=O)NCC1CCC(=O)N1. The van der Waals surface area contributed by atoms with Crippen molar-refractivity contribution in [1.29, 1.82) is 0 Å². The van der Waals surface area contributed by atoms with Crippen LogP contribution in [-0.4, -0.2) is 53.6 Å². The zero-order valence-corrected chi connectivity index (χ0v) is 10.0. The summed E-state index contributed by atoms with van der Waals surface area (Å²) in [6.45, 7) is 3.55. The van der Waals surface area contributed by atoms with Gasteiger partial charge in [0.15, 0.2) is 0 Å². The van der Waals surface area contributed by atoms with E-state index in [4.69, 9.17) is 5.11 Å². The van der Waals surface area contributed by atoms with E-state index in [-0.39, 0.29) is 25.0 Å². The van der Waals surface area contributed by atoms with E-state index in [1.165, 1.54) is 6.08 Å². The number of carbonyl (C=O) groups excluding carboxylic acids is 2. The van der Waals surface area contributed by atoms with Crippen molar-refractivity contribution in [1.82, 2.24) is 15.5 Å². The number of carboxylic acid groups (broad SMARTS) is 1. The van der Waals surface area contributed by atoms with Crippen LogP contribution in [0.25, 0.3) is 0 Å². The van der Waals surface area contributed by atoms with Gasteiger partial charge >= 0.3 is 12.0 Å².